The van der Waals surface area contributed by atoms with Crippen molar-refractivity contribution in [1.82, 2.24) is 29.7 Å². The molecule has 354 valence electrons. The lowest BCUT2D eigenvalue weighted by Crippen LogP contribution is -2.54. The van der Waals surface area contributed by atoms with Gasteiger partial charge in [0, 0.05) is 91.0 Å². The van der Waals surface area contributed by atoms with Crippen LogP contribution in [0.3, 0.4) is 0 Å². The summed E-state index contributed by atoms with van der Waals surface area (Å²) >= 11 is 9.88. The maximum Gasteiger partial charge on any atom is 0.408 e. The number of amides is 3. The molecule has 15 nitrogen and oxygen atoms in total. The van der Waals surface area contributed by atoms with Crippen molar-refractivity contribution < 1.29 is 28.6 Å². The molecule has 0 radical (unpaired) electrons. The molecule has 3 aliphatic rings. The SMILES string of the molecule is C=C1CSCC(OC(=O)NCCCCCCn2c(=O)n(CCCCCCNC(=O)OC3CSCC(=C)CS3)c(=O)n(CCCCCCNC(=O)OC3CSCC(=C)CS3)c2=O)SC1. The van der Waals surface area contributed by atoms with Crippen LogP contribution < -0.4 is 33.0 Å². The van der Waals surface area contributed by atoms with Gasteiger partial charge in [-0.15, -0.1) is 35.3 Å². The predicted octanol–water partition coefficient (Wildman–Crippen LogP) is 7.12. The Hall–Kier alpha value is -2.46. The van der Waals surface area contributed by atoms with E-state index in [-0.39, 0.29) is 35.9 Å². The minimum absolute atomic E-state index is 0.179. The van der Waals surface area contributed by atoms with E-state index in [1.54, 1.807) is 70.6 Å². The Morgan fingerprint density at radius 1 is 0.444 bits per heavy atom. The molecule has 0 aromatic carbocycles. The molecule has 3 atom stereocenters. The lowest BCUT2D eigenvalue weighted by Gasteiger charge is -2.15. The lowest BCUT2D eigenvalue weighted by atomic mass is 10.2. The molecule has 3 unspecified atom stereocenters. The average molecular weight is 991 g/mol. The van der Waals surface area contributed by atoms with E-state index in [9.17, 15) is 28.8 Å². The highest BCUT2D eigenvalue weighted by atomic mass is 32.2. The van der Waals surface area contributed by atoms with Crippen LogP contribution in [0.1, 0.15) is 77.0 Å². The lowest BCUT2D eigenvalue weighted by molar-refractivity contribution is 0.141. The first kappa shape index (κ1) is 53.2. The highest BCUT2D eigenvalue weighted by Crippen LogP contribution is 2.28. The van der Waals surface area contributed by atoms with Gasteiger partial charge in [0.15, 0.2) is 16.3 Å². The molecule has 3 fully saturated rings. The Bertz CT molecular complexity index is 1610. The molecule has 3 aliphatic heterocycles. The minimum atomic E-state index is -0.602. The molecule has 3 saturated heterocycles. The third-order valence-electron chi connectivity index (χ3n) is 9.93. The van der Waals surface area contributed by atoms with E-state index in [0.717, 1.165) is 126 Å². The summed E-state index contributed by atoms with van der Waals surface area (Å²) in [6.07, 6.45) is 7.04. The second-order valence-corrected chi connectivity index (χ2v) is 22.1. The molecule has 0 aliphatic carbocycles. The second kappa shape index (κ2) is 30.7. The standard InChI is InChI=1S/C42H66N6O9S6/c1-31-22-58-28-34(61-25-31)55-37(49)43-16-10-4-7-13-19-46-40(52)47(20-14-8-5-11-17-44-38(50)56-35-29-59-23-32(2)26-62-35)42(54)48(41(46)53)21-15-9-6-12-18-45-39(51)57-36-30-60-24-33(3)27-63-36/h34-36H,1-30H2,(H,43,49)(H,44,50)(H,45,51). The normalized spacial score (nSPS) is 19.6. The van der Waals surface area contributed by atoms with Gasteiger partial charge in [0.25, 0.3) is 0 Å². The molecule has 0 saturated carbocycles. The van der Waals surface area contributed by atoms with Gasteiger partial charge in [0.05, 0.1) is 0 Å². The molecule has 3 N–H and O–H groups in total. The summed E-state index contributed by atoms with van der Waals surface area (Å²) in [7, 11) is 0. The summed E-state index contributed by atoms with van der Waals surface area (Å²) in [5.41, 5.74) is 0.999. The molecule has 3 amide bonds. The summed E-state index contributed by atoms with van der Waals surface area (Å²) in [4.78, 5) is 77.8. The zero-order valence-electron chi connectivity index (χ0n) is 36.4. The number of aromatic nitrogens is 3. The van der Waals surface area contributed by atoms with Crippen molar-refractivity contribution in [3.8, 4) is 0 Å². The third-order valence-corrected chi connectivity index (χ3v) is 17.6. The number of thioether (sulfide) groups is 6. The Morgan fingerprint density at radius 3 is 1.00 bits per heavy atom. The van der Waals surface area contributed by atoms with Gasteiger partial charge in [-0.25, -0.2) is 42.5 Å². The van der Waals surface area contributed by atoms with Crippen LogP contribution in [-0.4, -0.2) is 120 Å². The van der Waals surface area contributed by atoms with Crippen LogP contribution in [0.25, 0.3) is 0 Å². The van der Waals surface area contributed by atoms with E-state index in [1.165, 1.54) is 13.7 Å². The molecule has 63 heavy (non-hydrogen) atoms. The first-order valence-corrected chi connectivity index (χ1v) is 28.5. The zero-order chi connectivity index (χ0) is 45.2. The van der Waals surface area contributed by atoms with Crippen molar-refractivity contribution in [1.29, 1.82) is 0 Å². The summed E-state index contributed by atoms with van der Waals surface area (Å²) in [6, 6.07) is 0. The van der Waals surface area contributed by atoms with Gasteiger partial charge in [-0.2, -0.15) is 35.3 Å². The van der Waals surface area contributed by atoms with Gasteiger partial charge in [-0.3, -0.25) is 0 Å². The fraction of sp³-hybridized carbons (Fsp3) is 0.714. The maximum atomic E-state index is 13.6. The van der Waals surface area contributed by atoms with Crippen LogP contribution in [0.5, 0.6) is 0 Å². The number of hydrogen-bond acceptors (Lipinski definition) is 15. The molecule has 1 aromatic rings. The van der Waals surface area contributed by atoms with E-state index in [0.29, 0.717) is 38.9 Å². The van der Waals surface area contributed by atoms with Crippen molar-refractivity contribution in [2.75, 3.05) is 71.4 Å². The number of ether oxygens (including phenoxy) is 3. The molecule has 4 rings (SSSR count). The molecular weight excluding hydrogens is 925 g/mol. The fourth-order valence-corrected chi connectivity index (χ4v) is 13.3. The van der Waals surface area contributed by atoms with Crippen molar-refractivity contribution in [3.63, 3.8) is 0 Å². The molecular formula is C42H66N6O9S6. The van der Waals surface area contributed by atoms with Gasteiger partial charge in [-0.1, -0.05) is 75.0 Å². The predicted molar refractivity (Wildman–Crippen MR) is 266 cm³/mol. The van der Waals surface area contributed by atoms with Crippen LogP contribution in [0.15, 0.2) is 50.8 Å². The van der Waals surface area contributed by atoms with Crippen molar-refractivity contribution >= 4 is 88.9 Å². The smallest absolute Gasteiger partial charge is 0.408 e. The molecule has 4 heterocycles. The van der Waals surface area contributed by atoms with Crippen molar-refractivity contribution in [2.45, 2.75) is 113 Å². The molecule has 0 spiro atoms. The number of alkyl carbamates (subject to hydrolysis) is 3. The van der Waals surface area contributed by atoms with Gasteiger partial charge in [0.2, 0.25) is 0 Å². The van der Waals surface area contributed by atoms with Crippen LogP contribution in [0, 0.1) is 0 Å². The Balaban J connectivity index is 1.21. The Kier molecular flexibility index (Phi) is 25.9. The first-order valence-electron chi connectivity index (χ1n) is 21.9. The average Bonchev–Trinajstić information content (AvgIpc) is 3.69. The number of nitrogens with zero attached hydrogens (tertiary/aromatic N) is 3. The monoisotopic (exact) mass is 990 g/mol. The minimum Gasteiger partial charge on any atom is -0.434 e. The van der Waals surface area contributed by atoms with Gasteiger partial charge < -0.3 is 30.2 Å². The number of rotatable bonds is 24. The van der Waals surface area contributed by atoms with Gasteiger partial charge in [0.1, 0.15) is 0 Å². The summed E-state index contributed by atoms with van der Waals surface area (Å²) < 4.78 is 20.2. The zero-order valence-corrected chi connectivity index (χ0v) is 41.3. The molecule has 1 aromatic heterocycles. The van der Waals surface area contributed by atoms with Gasteiger partial charge in [-0.05, 0) is 38.5 Å². The summed E-state index contributed by atoms with van der Waals surface area (Å²) in [5.74, 6) is 7.17. The van der Waals surface area contributed by atoms with Crippen LogP contribution in [0.2, 0.25) is 0 Å². The number of hydrogen-bond donors (Lipinski definition) is 3. The topological polar surface area (TPSA) is 181 Å². The number of nitrogens with one attached hydrogen (secondary N) is 3. The quantitative estimate of drug-likeness (QED) is 0.0541. The Labute approximate surface area is 397 Å². The van der Waals surface area contributed by atoms with E-state index in [2.05, 4.69) is 35.7 Å². The van der Waals surface area contributed by atoms with Crippen LogP contribution >= 0.6 is 70.6 Å². The van der Waals surface area contributed by atoms with E-state index >= 15 is 0 Å². The largest absolute Gasteiger partial charge is 0.434 e. The van der Waals surface area contributed by atoms with E-state index < -0.39 is 35.3 Å². The highest BCUT2D eigenvalue weighted by Gasteiger charge is 2.21. The summed E-state index contributed by atoms with van der Waals surface area (Å²) in [5, 5.41) is 8.45. The van der Waals surface area contributed by atoms with Crippen LogP contribution in [-0.2, 0) is 33.8 Å². The van der Waals surface area contributed by atoms with Gasteiger partial charge >= 0.3 is 35.3 Å². The number of unbranched alkanes of at least 4 members (excludes halogenated alkanes) is 9. The molecule has 21 heteroatoms. The van der Waals surface area contributed by atoms with E-state index in [4.69, 9.17) is 14.2 Å². The maximum absolute atomic E-state index is 13.6. The fourth-order valence-electron chi connectivity index (χ4n) is 6.56. The second-order valence-electron chi connectivity index (χ2n) is 15.6. The third kappa shape index (κ3) is 21.2. The van der Waals surface area contributed by atoms with Crippen molar-refractivity contribution in [3.05, 3.63) is 67.9 Å². The number of carbonyl (C=O) groups excluding carboxylic acids is 3. The number of carbonyl (C=O) groups is 3. The molecule has 0 bridgehead atoms. The first-order chi connectivity index (χ1) is 30.5. The summed E-state index contributed by atoms with van der Waals surface area (Å²) in [6.45, 7) is 14.0. The van der Waals surface area contributed by atoms with Crippen LogP contribution in [0.4, 0.5) is 14.4 Å². The van der Waals surface area contributed by atoms with Crippen molar-refractivity contribution in [2.24, 2.45) is 0 Å². The highest BCUT2D eigenvalue weighted by molar-refractivity contribution is 8.05. The van der Waals surface area contributed by atoms with E-state index in [1.807, 2.05) is 0 Å². The Morgan fingerprint density at radius 2 is 0.714 bits per heavy atom.